The molecule has 126 valence electrons. The summed E-state index contributed by atoms with van der Waals surface area (Å²) in [5, 5.41) is 0. The molecule has 4 nitrogen and oxygen atoms in total. The van der Waals surface area contributed by atoms with E-state index in [0.717, 1.165) is 21.3 Å². The highest BCUT2D eigenvalue weighted by atomic mass is 79.9. The number of amides is 1. The second kappa shape index (κ2) is 6.85. The maximum Gasteiger partial charge on any atom is 0.234 e. The topological polar surface area (TPSA) is 38.8 Å². The number of hydrogen-bond donors (Lipinski definition) is 0. The molecule has 0 spiro atoms. The summed E-state index contributed by atoms with van der Waals surface area (Å²) in [6.07, 6.45) is 0.616. The molecule has 0 fully saturated rings. The molecule has 1 heterocycles. The minimum absolute atomic E-state index is 0.122. The van der Waals surface area contributed by atoms with Crippen molar-refractivity contribution in [3.8, 4) is 11.5 Å². The van der Waals surface area contributed by atoms with Crippen LogP contribution in [-0.2, 0) is 11.2 Å². The predicted octanol–water partition coefficient (Wildman–Crippen LogP) is 4.16. The number of para-hydroxylation sites is 1. The van der Waals surface area contributed by atoms with Crippen LogP contribution in [0.15, 0.2) is 40.9 Å². The largest absolute Gasteiger partial charge is 0.493 e. The lowest BCUT2D eigenvalue weighted by Gasteiger charge is -2.16. The van der Waals surface area contributed by atoms with Gasteiger partial charge in [0.05, 0.1) is 19.6 Å². The smallest absolute Gasteiger partial charge is 0.234 e. The molecular weight excluding hydrogens is 370 g/mol. The van der Waals surface area contributed by atoms with Gasteiger partial charge in [-0.3, -0.25) is 4.79 Å². The van der Waals surface area contributed by atoms with Gasteiger partial charge in [0.15, 0.2) is 11.5 Å². The number of methoxy groups -OCH3 is 1. The van der Waals surface area contributed by atoms with Crippen LogP contribution in [0.3, 0.4) is 0 Å². The van der Waals surface area contributed by atoms with Gasteiger partial charge >= 0.3 is 0 Å². The van der Waals surface area contributed by atoms with Gasteiger partial charge < -0.3 is 14.4 Å². The Balaban J connectivity index is 1.97. The van der Waals surface area contributed by atoms with Gasteiger partial charge in [0.25, 0.3) is 0 Å². The highest BCUT2D eigenvalue weighted by Crippen LogP contribution is 2.41. The Morgan fingerprint density at radius 2 is 1.96 bits per heavy atom. The highest BCUT2D eigenvalue weighted by molar-refractivity contribution is 9.10. The fraction of sp³-hybridized carbons (Fsp3) is 0.316. The number of hydrogen-bond acceptors (Lipinski definition) is 3. The van der Waals surface area contributed by atoms with E-state index in [1.54, 1.807) is 12.0 Å². The van der Waals surface area contributed by atoms with Gasteiger partial charge in [0, 0.05) is 17.2 Å². The number of likely N-dealkylation sites (N-methyl/N-ethyl adjacent to an activating group) is 1. The summed E-state index contributed by atoms with van der Waals surface area (Å²) in [4.78, 5) is 14.4. The molecule has 1 atom stereocenters. The van der Waals surface area contributed by atoms with Crippen molar-refractivity contribution in [2.24, 2.45) is 0 Å². The number of rotatable bonds is 5. The third-order valence-corrected chi connectivity index (χ3v) is 5.10. The van der Waals surface area contributed by atoms with Gasteiger partial charge in [-0.05, 0) is 42.7 Å². The minimum atomic E-state index is -0.176. The molecule has 24 heavy (non-hydrogen) atoms. The normalized spacial score (nSPS) is 16.2. The molecule has 1 aliphatic rings. The van der Waals surface area contributed by atoms with Crippen molar-refractivity contribution < 1.29 is 14.3 Å². The maximum atomic E-state index is 12.7. The SMILES string of the molecule is CCOc1cc(C[C@H]2C(=O)N(C)c3ccccc32)c(Br)cc1OC. The quantitative estimate of drug-likeness (QED) is 0.770. The van der Waals surface area contributed by atoms with E-state index < -0.39 is 0 Å². The molecular formula is C19H20BrNO3. The lowest BCUT2D eigenvalue weighted by molar-refractivity contribution is -0.119. The van der Waals surface area contributed by atoms with Crippen LogP contribution in [-0.4, -0.2) is 26.7 Å². The van der Waals surface area contributed by atoms with Crippen molar-refractivity contribution in [2.45, 2.75) is 19.3 Å². The predicted molar refractivity (Wildman–Crippen MR) is 98.2 cm³/mol. The van der Waals surface area contributed by atoms with Crippen molar-refractivity contribution in [3.05, 3.63) is 52.0 Å². The molecule has 2 aromatic carbocycles. The third kappa shape index (κ3) is 2.88. The standard InChI is InChI=1S/C19H20BrNO3/c1-4-24-18-10-12(15(20)11-17(18)23-3)9-14-13-7-5-6-8-16(13)21(2)19(14)22/h5-8,10-11,14H,4,9H2,1-3H3/t14-/m1/s1. The van der Waals surface area contributed by atoms with Crippen LogP contribution in [0.25, 0.3) is 0 Å². The second-order valence-electron chi connectivity index (χ2n) is 5.74. The monoisotopic (exact) mass is 389 g/mol. The first-order valence-corrected chi connectivity index (χ1v) is 8.71. The van der Waals surface area contributed by atoms with Crippen LogP contribution < -0.4 is 14.4 Å². The first kappa shape index (κ1) is 16.8. The summed E-state index contributed by atoms with van der Waals surface area (Å²) in [7, 11) is 3.45. The number of benzene rings is 2. The highest BCUT2D eigenvalue weighted by Gasteiger charge is 2.35. The van der Waals surface area contributed by atoms with E-state index in [-0.39, 0.29) is 11.8 Å². The lowest BCUT2D eigenvalue weighted by Crippen LogP contribution is -2.25. The van der Waals surface area contributed by atoms with Crippen LogP contribution in [0, 0.1) is 0 Å². The molecule has 3 rings (SSSR count). The van der Waals surface area contributed by atoms with Gasteiger partial charge in [0.1, 0.15) is 0 Å². The first-order valence-electron chi connectivity index (χ1n) is 7.92. The Morgan fingerprint density at radius 3 is 2.67 bits per heavy atom. The van der Waals surface area contributed by atoms with Crippen LogP contribution in [0.4, 0.5) is 5.69 Å². The molecule has 0 aromatic heterocycles. The third-order valence-electron chi connectivity index (χ3n) is 4.36. The van der Waals surface area contributed by atoms with Crippen molar-refractivity contribution >= 4 is 27.5 Å². The zero-order chi connectivity index (χ0) is 17.3. The molecule has 1 amide bonds. The number of ether oxygens (including phenoxy) is 2. The van der Waals surface area contributed by atoms with Gasteiger partial charge in [-0.1, -0.05) is 34.1 Å². The molecule has 0 saturated heterocycles. The summed E-state index contributed by atoms with van der Waals surface area (Å²) >= 11 is 3.60. The van der Waals surface area contributed by atoms with E-state index in [2.05, 4.69) is 15.9 Å². The van der Waals surface area contributed by atoms with E-state index in [1.165, 1.54) is 0 Å². The molecule has 1 aliphatic heterocycles. The van der Waals surface area contributed by atoms with Gasteiger partial charge in [-0.25, -0.2) is 0 Å². The number of anilines is 1. The lowest BCUT2D eigenvalue weighted by atomic mass is 9.93. The average molecular weight is 390 g/mol. The van der Waals surface area contributed by atoms with Crippen molar-refractivity contribution in [2.75, 3.05) is 25.7 Å². The van der Waals surface area contributed by atoms with Gasteiger partial charge in [0.2, 0.25) is 5.91 Å². The molecule has 0 saturated carbocycles. The average Bonchev–Trinajstić information content (AvgIpc) is 2.83. The van der Waals surface area contributed by atoms with Crippen LogP contribution in [0.5, 0.6) is 11.5 Å². The van der Waals surface area contributed by atoms with E-state index >= 15 is 0 Å². The molecule has 0 bridgehead atoms. The Kier molecular flexibility index (Phi) is 4.81. The molecule has 2 aromatic rings. The van der Waals surface area contributed by atoms with Gasteiger partial charge in [-0.15, -0.1) is 0 Å². The minimum Gasteiger partial charge on any atom is -0.493 e. The van der Waals surface area contributed by atoms with E-state index in [9.17, 15) is 4.79 Å². The second-order valence-corrected chi connectivity index (χ2v) is 6.59. The molecule has 5 heteroatoms. The summed E-state index contributed by atoms with van der Waals surface area (Å²) in [6, 6.07) is 11.8. The van der Waals surface area contributed by atoms with E-state index in [1.807, 2.05) is 50.4 Å². The molecule has 0 unspecified atom stereocenters. The summed E-state index contributed by atoms with van der Waals surface area (Å²) in [5.74, 6) is 1.33. The summed E-state index contributed by atoms with van der Waals surface area (Å²) in [6.45, 7) is 2.50. The zero-order valence-electron chi connectivity index (χ0n) is 14.0. The van der Waals surface area contributed by atoms with Crippen LogP contribution >= 0.6 is 15.9 Å². The first-order chi connectivity index (χ1) is 11.6. The van der Waals surface area contributed by atoms with Crippen molar-refractivity contribution in [1.82, 2.24) is 0 Å². The fourth-order valence-electron chi connectivity index (χ4n) is 3.15. The zero-order valence-corrected chi connectivity index (χ0v) is 15.6. The number of carbonyl (C=O) groups is 1. The number of fused-ring (bicyclic) bond motifs is 1. The number of halogens is 1. The van der Waals surface area contributed by atoms with Gasteiger partial charge in [-0.2, -0.15) is 0 Å². The fourth-order valence-corrected chi connectivity index (χ4v) is 3.64. The van der Waals surface area contributed by atoms with Crippen LogP contribution in [0.1, 0.15) is 24.0 Å². The summed E-state index contributed by atoms with van der Waals surface area (Å²) in [5.41, 5.74) is 3.09. The molecule has 0 radical (unpaired) electrons. The number of carbonyl (C=O) groups excluding carboxylic acids is 1. The Bertz CT molecular complexity index is 775. The Morgan fingerprint density at radius 1 is 1.21 bits per heavy atom. The summed E-state index contributed by atoms with van der Waals surface area (Å²) < 4.78 is 12.0. The molecule has 0 aliphatic carbocycles. The number of nitrogens with zero attached hydrogens (tertiary/aromatic N) is 1. The van der Waals surface area contributed by atoms with E-state index in [0.29, 0.717) is 24.5 Å². The van der Waals surface area contributed by atoms with Crippen molar-refractivity contribution in [3.63, 3.8) is 0 Å². The van der Waals surface area contributed by atoms with Crippen LogP contribution in [0.2, 0.25) is 0 Å². The molecule has 0 N–H and O–H groups in total. The Labute approximate surface area is 150 Å². The maximum absolute atomic E-state index is 12.7. The Hall–Kier alpha value is -2.01. The van der Waals surface area contributed by atoms with E-state index in [4.69, 9.17) is 9.47 Å². The van der Waals surface area contributed by atoms with Crippen molar-refractivity contribution in [1.29, 1.82) is 0 Å².